The zero-order valence-corrected chi connectivity index (χ0v) is 13.8. The average Bonchev–Trinajstić information content (AvgIpc) is 2.41. The van der Waals surface area contributed by atoms with Gasteiger partial charge in [-0.25, -0.2) is 12.8 Å². The molecule has 0 aromatic heterocycles. The zero-order chi connectivity index (χ0) is 16.2. The van der Waals surface area contributed by atoms with E-state index in [2.05, 4.69) is 5.32 Å². The molecule has 1 rings (SSSR count). The van der Waals surface area contributed by atoms with Crippen LogP contribution < -0.4 is 5.32 Å². The van der Waals surface area contributed by atoms with E-state index in [1.54, 1.807) is 0 Å². The molecule has 0 saturated carbocycles. The predicted octanol–water partition coefficient (Wildman–Crippen LogP) is 3.23. The number of nitrogens with one attached hydrogen (secondary N) is 1. The van der Waals surface area contributed by atoms with E-state index in [4.69, 9.17) is 10.7 Å². The molecule has 1 aromatic rings. The molecule has 0 heterocycles. The summed E-state index contributed by atoms with van der Waals surface area (Å²) in [5, 5.41) is 2.73. The molecule has 0 atom stereocenters. The third kappa shape index (κ3) is 4.68. The molecule has 0 aliphatic rings. The SMILES string of the molecule is CCC(CC)CNC(=O)c1cc(C)c(F)c(S(=O)(=O)Cl)c1. The highest BCUT2D eigenvalue weighted by Crippen LogP contribution is 2.23. The summed E-state index contributed by atoms with van der Waals surface area (Å²) in [6.07, 6.45) is 1.86. The van der Waals surface area contributed by atoms with Crippen molar-refractivity contribution in [3.63, 3.8) is 0 Å². The fraction of sp³-hybridized carbons (Fsp3) is 0.500. The molecular formula is C14H19ClFNO3S. The Morgan fingerprint density at radius 1 is 1.33 bits per heavy atom. The summed E-state index contributed by atoms with van der Waals surface area (Å²) in [7, 11) is 0.950. The van der Waals surface area contributed by atoms with Gasteiger partial charge in [0.05, 0.1) is 0 Å². The number of rotatable bonds is 6. The van der Waals surface area contributed by atoms with Crippen molar-refractivity contribution in [3.8, 4) is 0 Å². The first-order valence-electron chi connectivity index (χ1n) is 6.73. The molecule has 0 spiro atoms. The topological polar surface area (TPSA) is 63.2 Å². The van der Waals surface area contributed by atoms with Gasteiger partial charge in [0, 0.05) is 22.8 Å². The highest BCUT2D eigenvalue weighted by molar-refractivity contribution is 8.13. The number of hydrogen-bond donors (Lipinski definition) is 1. The van der Waals surface area contributed by atoms with Gasteiger partial charge in [-0.3, -0.25) is 4.79 Å². The highest BCUT2D eigenvalue weighted by Gasteiger charge is 2.21. The average molecular weight is 336 g/mol. The Morgan fingerprint density at radius 2 is 1.90 bits per heavy atom. The van der Waals surface area contributed by atoms with Gasteiger partial charge in [0.1, 0.15) is 10.7 Å². The number of amides is 1. The quantitative estimate of drug-likeness (QED) is 0.812. The van der Waals surface area contributed by atoms with Crippen LogP contribution in [-0.2, 0) is 9.05 Å². The van der Waals surface area contributed by atoms with Crippen LogP contribution in [0.1, 0.15) is 42.6 Å². The second-order valence-electron chi connectivity index (χ2n) is 4.94. The molecule has 0 aliphatic heterocycles. The van der Waals surface area contributed by atoms with Crippen molar-refractivity contribution in [3.05, 3.63) is 29.1 Å². The minimum Gasteiger partial charge on any atom is -0.352 e. The molecule has 4 nitrogen and oxygen atoms in total. The molecule has 0 unspecified atom stereocenters. The van der Waals surface area contributed by atoms with Gasteiger partial charge in [-0.2, -0.15) is 0 Å². The molecule has 1 N–H and O–H groups in total. The molecule has 21 heavy (non-hydrogen) atoms. The molecule has 118 valence electrons. The normalized spacial score (nSPS) is 11.7. The van der Waals surface area contributed by atoms with Crippen LogP contribution in [0.3, 0.4) is 0 Å². The van der Waals surface area contributed by atoms with Crippen molar-refractivity contribution < 1.29 is 17.6 Å². The summed E-state index contributed by atoms with van der Waals surface area (Å²) in [6.45, 7) is 5.94. The Bertz CT molecular complexity index is 627. The van der Waals surface area contributed by atoms with Crippen molar-refractivity contribution in [1.29, 1.82) is 0 Å². The van der Waals surface area contributed by atoms with Crippen molar-refractivity contribution in [1.82, 2.24) is 5.32 Å². The number of benzene rings is 1. The van der Waals surface area contributed by atoms with E-state index in [-0.39, 0.29) is 11.1 Å². The number of hydrogen-bond acceptors (Lipinski definition) is 3. The van der Waals surface area contributed by atoms with Gasteiger partial charge >= 0.3 is 0 Å². The molecule has 0 aliphatic carbocycles. The van der Waals surface area contributed by atoms with E-state index >= 15 is 0 Å². The smallest absolute Gasteiger partial charge is 0.264 e. The van der Waals surface area contributed by atoms with Crippen molar-refractivity contribution >= 4 is 25.6 Å². The van der Waals surface area contributed by atoms with Crippen LogP contribution in [0.4, 0.5) is 4.39 Å². The first-order chi connectivity index (χ1) is 9.70. The molecule has 0 bridgehead atoms. The van der Waals surface area contributed by atoms with Gasteiger partial charge in [0.2, 0.25) is 0 Å². The Balaban J connectivity index is 3.04. The van der Waals surface area contributed by atoms with E-state index in [1.807, 2.05) is 13.8 Å². The number of carbonyl (C=O) groups is 1. The van der Waals surface area contributed by atoms with Crippen molar-refractivity contribution in [2.45, 2.75) is 38.5 Å². The summed E-state index contributed by atoms with van der Waals surface area (Å²) < 4.78 is 36.4. The lowest BCUT2D eigenvalue weighted by Crippen LogP contribution is -2.29. The van der Waals surface area contributed by atoms with Crippen LogP contribution in [0.25, 0.3) is 0 Å². The third-order valence-electron chi connectivity index (χ3n) is 3.45. The van der Waals surface area contributed by atoms with Crippen molar-refractivity contribution in [2.75, 3.05) is 6.54 Å². The van der Waals surface area contributed by atoms with Crippen LogP contribution in [0, 0.1) is 18.7 Å². The Hall–Kier alpha value is -1.14. The minimum absolute atomic E-state index is 0.0596. The van der Waals surface area contributed by atoms with Gasteiger partial charge in [0.25, 0.3) is 15.0 Å². The van der Waals surface area contributed by atoms with E-state index in [9.17, 15) is 17.6 Å². The Kier molecular flexibility index (Phi) is 6.16. The van der Waals surface area contributed by atoms with Gasteiger partial charge < -0.3 is 5.32 Å². The predicted molar refractivity (Wildman–Crippen MR) is 80.6 cm³/mol. The fourth-order valence-corrected chi connectivity index (χ4v) is 2.94. The number of carbonyl (C=O) groups excluding carboxylic acids is 1. The van der Waals surface area contributed by atoms with E-state index in [1.165, 1.54) is 13.0 Å². The summed E-state index contributed by atoms with van der Waals surface area (Å²) >= 11 is 0. The van der Waals surface area contributed by atoms with E-state index in [0.717, 1.165) is 18.9 Å². The van der Waals surface area contributed by atoms with Crippen LogP contribution in [0.2, 0.25) is 0 Å². The second kappa shape index (κ2) is 7.22. The van der Waals surface area contributed by atoms with E-state index in [0.29, 0.717) is 12.5 Å². The van der Waals surface area contributed by atoms with Crippen LogP contribution in [-0.4, -0.2) is 20.9 Å². The molecule has 7 heteroatoms. The third-order valence-corrected chi connectivity index (χ3v) is 4.77. The fourth-order valence-electron chi connectivity index (χ4n) is 1.96. The lowest BCUT2D eigenvalue weighted by molar-refractivity contribution is 0.0946. The molecular weight excluding hydrogens is 317 g/mol. The standard InChI is InChI=1S/C14H19ClFNO3S/c1-4-10(5-2)8-17-14(18)11-6-9(3)13(16)12(7-11)21(15,19)20/h6-7,10H,4-5,8H2,1-3H3,(H,17,18). The molecule has 1 aromatic carbocycles. The van der Waals surface area contributed by atoms with Crippen molar-refractivity contribution in [2.24, 2.45) is 5.92 Å². The van der Waals surface area contributed by atoms with Crippen LogP contribution >= 0.6 is 10.7 Å². The van der Waals surface area contributed by atoms with Crippen LogP contribution in [0.5, 0.6) is 0 Å². The summed E-state index contributed by atoms with van der Waals surface area (Å²) in [5.74, 6) is -1.01. The zero-order valence-electron chi connectivity index (χ0n) is 12.2. The lowest BCUT2D eigenvalue weighted by atomic mass is 10.0. The molecule has 0 saturated heterocycles. The number of aryl methyl sites for hydroxylation is 1. The van der Waals surface area contributed by atoms with Gasteiger partial charge in [-0.15, -0.1) is 0 Å². The van der Waals surface area contributed by atoms with Gasteiger partial charge in [-0.1, -0.05) is 26.7 Å². The van der Waals surface area contributed by atoms with E-state index < -0.39 is 25.7 Å². The first-order valence-corrected chi connectivity index (χ1v) is 9.04. The maximum absolute atomic E-state index is 13.8. The second-order valence-corrected chi connectivity index (χ2v) is 7.47. The Labute approximate surface area is 129 Å². The lowest BCUT2D eigenvalue weighted by Gasteiger charge is -2.14. The monoisotopic (exact) mass is 335 g/mol. The highest BCUT2D eigenvalue weighted by atomic mass is 35.7. The van der Waals surface area contributed by atoms with Crippen LogP contribution in [0.15, 0.2) is 17.0 Å². The maximum Gasteiger partial charge on any atom is 0.264 e. The Morgan fingerprint density at radius 3 is 2.38 bits per heavy atom. The minimum atomic E-state index is -4.24. The maximum atomic E-state index is 13.8. The first kappa shape index (κ1) is 17.9. The van der Waals surface area contributed by atoms with Gasteiger partial charge in [0.15, 0.2) is 0 Å². The number of halogens is 2. The molecule has 0 fully saturated rings. The van der Waals surface area contributed by atoms with Gasteiger partial charge in [-0.05, 0) is 30.5 Å². The summed E-state index contributed by atoms with van der Waals surface area (Å²) in [6, 6.07) is 2.27. The summed E-state index contributed by atoms with van der Waals surface area (Å²) in [4.78, 5) is 11.4. The largest absolute Gasteiger partial charge is 0.352 e. The summed E-state index contributed by atoms with van der Waals surface area (Å²) in [5.41, 5.74) is 0.142. The molecule has 1 amide bonds. The molecule has 0 radical (unpaired) electrons.